The van der Waals surface area contributed by atoms with E-state index in [1.165, 1.54) is 38.4 Å². The normalized spacial score (nSPS) is 16.6. The van der Waals surface area contributed by atoms with Gasteiger partial charge in [0.25, 0.3) is 10.0 Å². The number of para-hydroxylation sites is 3. The van der Waals surface area contributed by atoms with Crippen LogP contribution in [0.15, 0.2) is 88.7 Å². The van der Waals surface area contributed by atoms with Gasteiger partial charge in [-0.2, -0.15) is 0 Å². The fraction of sp³-hybridized carbons (Fsp3) is 0.308. The molecule has 10 heteroatoms. The van der Waals surface area contributed by atoms with Gasteiger partial charge < -0.3 is 9.64 Å². The number of rotatable bonds is 9. The quantitative estimate of drug-likeness (QED) is 0.450. The number of nitrogens with zero attached hydrogens (tertiary/aromatic N) is 2. The number of nitrogens with one attached hydrogen (secondary N) is 1. The molecule has 1 aliphatic heterocycles. The molecule has 3 aromatic carbocycles. The van der Waals surface area contributed by atoms with Crippen LogP contribution in [0.3, 0.4) is 0 Å². The molecule has 1 unspecified atom stereocenters. The van der Waals surface area contributed by atoms with E-state index in [-0.39, 0.29) is 9.79 Å². The van der Waals surface area contributed by atoms with Gasteiger partial charge in [-0.1, -0.05) is 30.3 Å². The summed E-state index contributed by atoms with van der Waals surface area (Å²) < 4.78 is 60.6. The Hall–Kier alpha value is -3.08. The molecule has 0 saturated carbocycles. The highest BCUT2D eigenvalue weighted by Crippen LogP contribution is 2.32. The molecule has 0 radical (unpaired) electrons. The number of hydrogen-bond donors (Lipinski definition) is 1. The average Bonchev–Trinajstić information content (AvgIpc) is 2.88. The highest BCUT2D eigenvalue weighted by Gasteiger charge is 2.25. The van der Waals surface area contributed by atoms with Crippen LogP contribution >= 0.6 is 0 Å². The van der Waals surface area contributed by atoms with Gasteiger partial charge in [0.15, 0.2) is 0 Å². The van der Waals surface area contributed by atoms with Crippen LogP contribution in [0.4, 0.5) is 11.4 Å². The number of benzene rings is 3. The van der Waals surface area contributed by atoms with Gasteiger partial charge in [-0.25, -0.2) is 21.1 Å². The molecular weight excluding hydrogens is 498 g/mol. The molecule has 192 valence electrons. The number of anilines is 2. The van der Waals surface area contributed by atoms with Crippen LogP contribution in [0, 0.1) is 5.92 Å². The van der Waals surface area contributed by atoms with E-state index in [9.17, 15) is 16.8 Å². The van der Waals surface area contributed by atoms with Gasteiger partial charge in [-0.15, -0.1) is 0 Å². The molecule has 0 bridgehead atoms. The average molecular weight is 530 g/mol. The monoisotopic (exact) mass is 529 g/mol. The standard InChI is InChI=1S/C26H31N3O5S2/c1-28(2)36(32,33)24-16-14-23(15-17-24)35(30,31)27-25-12-6-7-13-26(25)29-18-8-9-21(19-29)20-34-22-10-4-3-5-11-22/h3-7,10-17,21,27H,8-9,18-20H2,1-2H3. The predicted molar refractivity (Wildman–Crippen MR) is 141 cm³/mol. The summed E-state index contributed by atoms with van der Waals surface area (Å²) in [5.74, 6) is 1.15. The third-order valence-electron chi connectivity index (χ3n) is 6.15. The summed E-state index contributed by atoms with van der Waals surface area (Å²) in [6.45, 7) is 2.16. The van der Waals surface area contributed by atoms with Crippen molar-refractivity contribution < 1.29 is 21.6 Å². The molecule has 1 N–H and O–H groups in total. The molecule has 1 aliphatic rings. The first-order chi connectivity index (χ1) is 17.2. The van der Waals surface area contributed by atoms with E-state index in [1.807, 2.05) is 42.5 Å². The Kier molecular flexibility index (Phi) is 7.87. The lowest BCUT2D eigenvalue weighted by Gasteiger charge is -2.35. The number of hydrogen-bond acceptors (Lipinski definition) is 6. The molecule has 1 atom stereocenters. The van der Waals surface area contributed by atoms with Crippen molar-refractivity contribution in [2.45, 2.75) is 22.6 Å². The Labute approximate surface area is 213 Å². The Balaban J connectivity index is 1.49. The van der Waals surface area contributed by atoms with Gasteiger partial charge >= 0.3 is 0 Å². The predicted octanol–water partition coefficient (Wildman–Crippen LogP) is 4.03. The summed E-state index contributed by atoms with van der Waals surface area (Å²) in [7, 11) is -4.72. The summed E-state index contributed by atoms with van der Waals surface area (Å²) in [5, 5.41) is 0. The van der Waals surface area contributed by atoms with Gasteiger partial charge in [-0.3, -0.25) is 4.72 Å². The first-order valence-electron chi connectivity index (χ1n) is 11.7. The van der Waals surface area contributed by atoms with Crippen molar-refractivity contribution in [3.63, 3.8) is 0 Å². The smallest absolute Gasteiger partial charge is 0.261 e. The lowest BCUT2D eigenvalue weighted by Crippen LogP contribution is -2.38. The molecule has 1 saturated heterocycles. The van der Waals surface area contributed by atoms with Crippen LogP contribution in [-0.2, 0) is 20.0 Å². The Bertz CT molecular complexity index is 1380. The van der Waals surface area contributed by atoms with Crippen molar-refractivity contribution in [3.05, 3.63) is 78.9 Å². The highest BCUT2D eigenvalue weighted by molar-refractivity contribution is 7.92. The van der Waals surface area contributed by atoms with E-state index in [2.05, 4.69) is 9.62 Å². The second-order valence-electron chi connectivity index (χ2n) is 8.96. The highest BCUT2D eigenvalue weighted by atomic mass is 32.2. The maximum atomic E-state index is 13.1. The number of ether oxygens (including phenoxy) is 1. The summed E-state index contributed by atoms with van der Waals surface area (Å²) in [4.78, 5) is 2.21. The summed E-state index contributed by atoms with van der Waals surface area (Å²) in [5.41, 5.74) is 1.28. The summed E-state index contributed by atoms with van der Waals surface area (Å²) >= 11 is 0. The molecule has 0 aliphatic carbocycles. The summed E-state index contributed by atoms with van der Waals surface area (Å²) in [6.07, 6.45) is 2.02. The fourth-order valence-electron chi connectivity index (χ4n) is 4.19. The number of sulfonamides is 2. The van der Waals surface area contributed by atoms with Crippen molar-refractivity contribution in [3.8, 4) is 5.75 Å². The van der Waals surface area contributed by atoms with E-state index in [0.29, 0.717) is 18.2 Å². The second kappa shape index (κ2) is 10.9. The minimum Gasteiger partial charge on any atom is -0.493 e. The zero-order valence-corrected chi connectivity index (χ0v) is 22.0. The maximum absolute atomic E-state index is 13.1. The van der Waals surface area contributed by atoms with Crippen molar-refractivity contribution in [2.24, 2.45) is 5.92 Å². The van der Waals surface area contributed by atoms with E-state index in [4.69, 9.17) is 4.74 Å². The fourth-order valence-corrected chi connectivity index (χ4v) is 6.17. The topological polar surface area (TPSA) is 96.0 Å². The molecule has 0 amide bonds. The Morgan fingerprint density at radius 2 is 1.53 bits per heavy atom. The maximum Gasteiger partial charge on any atom is 0.261 e. The molecule has 1 fully saturated rings. The molecule has 0 aromatic heterocycles. The van der Waals surface area contributed by atoms with Crippen LogP contribution in [0.1, 0.15) is 12.8 Å². The molecule has 0 spiro atoms. The second-order valence-corrected chi connectivity index (χ2v) is 12.8. The van der Waals surface area contributed by atoms with Crippen molar-refractivity contribution >= 4 is 31.4 Å². The van der Waals surface area contributed by atoms with E-state index < -0.39 is 20.0 Å². The Morgan fingerprint density at radius 1 is 0.889 bits per heavy atom. The minimum atomic E-state index is -3.93. The van der Waals surface area contributed by atoms with Crippen LogP contribution in [-0.4, -0.2) is 54.9 Å². The summed E-state index contributed by atoms with van der Waals surface area (Å²) in [6, 6.07) is 22.2. The van der Waals surface area contributed by atoms with E-state index in [1.54, 1.807) is 12.1 Å². The van der Waals surface area contributed by atoms with Gasteiger partial charge in [0, 0.05) is 33.1 Å². The largest absolute Gasteiger partial charge is 0.493 e. The van der Waals surface area contributed by atoms with Gasteiger partial charge in [0.1, 0.15) is 5.75 Å². The third-order valence-corrected chi connectivity index (χ3v) is 9.36. The number of piperidine rings is 1. The molecular formula is C26H31N3O5S2. The van der Waals surface area contributed by atoms with Gasteiger partial charge in [0.2, 0.25) is 10.0 Å². The van der Waals surface area contributed by atoms with Gasteiger partial charge in [0.05, 0.1) is 27.8 Å². The third kappa shape index (κ3) is 6.00. The Morgan fingerprint density at radius 3 is 2.22 bits per heavy atom. The van der Waals surface area contributed by atoms with E-state index in [0.717, 1.165) is 41.7 Å². The molecule has 8 nitrogen and oxygen atoms in total. The molecule has 4 rings (SSSR count). The zero-order valence-electron chi connectivity index (χ0n) is 20.4. The van der Waals surface area contributed by atoms with Crippen LogP contribution in [0.25, 0.3) is 0 Å². The van der Waals surface area contributed by atoms with Crippen molar-refractivity contribution in [2.75, 3.05) is 43.4 Å². The lowest BCUT2D eigenvalue weighted by molar-refractivity contribution is 0.229. The van der Waals surface area contributed by atoms with Crippen LogP contribution in [0.5, 0.6) is 5.75 Å². The molecule has 1 heterocycles. The lowest BCUT2D eigenvalue weighted by atomic mass is 9.98. The van der Waals surface area contributed by atoms with Crippen molar-refractivity contribution in [1.29, 1.82) is 0 Å². The van der Waals surface area contributed by atoms with Crippen molar-refractivity contribution in [1.82, 2.24) is 4.31 Å². The molecule has 36 heavy (non-hydrogen) atoms. The van der Waals surface area contributed by atoms with Gasteiger partial charge in [-0.05, 0) is 61.4 Å². The SMILES string of the molecule is CN(C)S(=O)(=O)c1ccc(S(=O)(=O)Nc2ccccc2N2CCCC(COc3ccccc3)C2)cc1. The minimum absolute atomic E-state index is 0.0113. The van der Waals surface area contributed by atoms with E-state index >= 15 is 0 Å². The van der Waals surface area contributed by atoms with Crippen LogP contribution in [0.2, 0.25) is 0 Å². The zero-order chi connectivity index (χ0) is 25.8. The van der Waals surface area contributed by atoms with Crippen LogP contribution < -0.4 is 14.4 Å². The first-order valence-corrected chi connectivity index (χ1v) is 14.7. The first kappa shape index (κ1) is 26.0. The molecule has 3 aromatic rings.